The summed E-state index contributed by atoms with van der Waals surface area (Å²) in [6, 6.07) is 13.9. The minimum atomic E-state index is -1.00. The highest BCUT2D eigenvalue weighted by Gasteiger charge is 2.36. The average molecular weight is 707 g/mol. The first-order valence-corrected chi connectivity index (χ1v) is 18.1. The van der Waals surface area contributed by atoms with Crippen molar-refractivity contribution in [2.75, 3.05) is 11.4 Å². The lowest BCUT2D eigenvalue weighted by Crippen LogP contribution is -2.50. The normalized spacial score (nSPS) is 18.3. The number of nitrogens with zero attached hydrogens (tertiary/aromatic N) is 3. The fourth-order valence-electron chi connectivity index (χ4n) is 7.08. The van der Waals surface area contributed by atoms with Crippen LogP contribution in [-0.2, 0) is 20.7 Å². The van der Waals surface area contributed by atoms with Crippen molar-refractivity contribution in [2.45, 2.75) is 90.2 Å². The first-order valence-electron chi connectivity index (χ1n) is 18.1. The molecule has 52 heavy (non-hydrogen) atoms. The number of aromatic nitrogens is 5. The highest BCUT2D eigenvalue weighted by Crippen LogP contribution is 2.39. The van der Waals surface area contributed by atoms with Crippen LogP contribution in [-0.4, -0.2) is 61.0 Å². The van der Waals surface area contributed by atoms with E-state index >= 15 is 0 Å². The molecule has 0 unspecified atom stereocenters. The van der Waals surface area contributed by atoms with Crippen LogP contribution in [0.3, 0.4) is 0 Å². The van der Waals surface area contributed by atoms with Gasteiger partial charge in [0.2, 0.25) is 5.91 Å². The molecule has 0 bridgehead atoms. The number of hydrogen-bond donors (Lipinski definition) is 5. The number of imide groups is 1. The molecule has 2 aliphatic rings. The molecule has 1 atom stereocenters. The molecule has 3 amide bonds. The van der Waals surface area contributed by atoms with Crippen LogP contribution in [0.25, 0.3) is 33.3 Å². The summed E-state index contributed by atoms with van der Waals surface area (Å²) < 4.78 is 5.36. The highest BCUT2D eigenvalue weighted by atomic mass is 16.6. The number of amides is 3. The van der Waals surface area contributed by atoms with Crippen LogP contribution >= 0.6 is 0 Å². The zero-order valence-electron chi connectivity index (χ0n) is 30.0. The second-order valence-electron chi connectivity index (χ2n) is 15.3. The van der Waals surface area contributed by atoms with E-state index in [9.17, 15) is 19.2 Å². The Morgan fingerprint density at radius 2 is 1.63 bits per heavy atom. The quantitative estimate of drug-likeness (QED) is 0.128. The van der Waals surface area contributed by atoms with Gasteiger partial charge in [-0.05, 0) is 114 Å². The van der Waals surface area contributed by atoms with Crippen molar-refractivity contribution in [3.63, 3.8) is 0 Å². The van der Waals surface area contributed by atoms with Gasteiger partial charge < -0.3 is 30.7 Å². The minimum absolute atomic E-state index is 0.188. The minimum Gasteiger partial charge on any atom is -0.444 e. The molecular weight excluding hydrogens is 660 g/mol. The Morgan fingerprint density at radius 3 is 2.33 bits per heavy atom. The molecule has 2 fully saturated rings. The number of benzene rings is 2. The van der Waals surface area contributed by atoms with Gasteiger partial charge in [-0.2, -0.15) is 0 Å². The van der Waals surface area contributed by atoms with Crippen LogP contribution in [0.2, 0.25) is 0 Å². The molecule has 2 aliphatic carbocycles. The number of aryl methyl sites for hydroxylation is 1. The number of fused-ring (bicyclic) bond motifs is 2. The van der Waals surface area contributed by atoms with Crippen LogP contribution in [0, 0.1) is 18.8 Å². The van der Waals surface area contributed by atoms with E-state index in [1.165, 1.54) is 4.90 Å². The van der Waals surface area contributed by atoms with Gasteiger partial charge in [0.15, 0.2) is 5.65 Å². The fourth-order valence-corrected chi connectivity index (χ4v) is 7.08. The molecule has 5 aromatic rings. The van der Waals surface area contributed by atoms with Crippen molar-refractivity contribution in [1.82, 2.24) is 30.2 Å². The van der Waals surface area contributed by atoms with Gasteiger partial charge in [0.25, 0.3) is 5.91 Å². The standard InChI is InChI=1S/C39H46N8O5/c1-21-28(19-32-34(42-21)46-33(43-32)25-13-14-25)24-9-5-22(6-10-24)17-29(40)36(49)47(27-15-16-30-31(18-27)45-37(50)44-30)35(48)26-11-7-23(8-12-26)20-41-38(51)52-39(2,3)4/h5-6,9-10,15-16,18-19,23,25-26,29H,7-8,11-14,17,20,40H2,1-4H3,(H,41,51)(H,42,43,46)(H2,44,45,50)/t23-,26-,29-/m0/s1. The number of nitrogens with one attached hydrogen (secondary N) is 4. The van der Waals surface area contributed by atoms with Gasteiger partial charge in [-0.15, -0.1) is 0 Å². The maximum Gasteiger partial charge on any atom is 0.407 e. The number of carbonyl (C=O) groups is 3. The van der Waals surface area contributed by atoms with Crippen LogP contribution in [0.4, 0.5) is 10.5 Å². The average Bonchev–Trinajstić information content (AvgIpc) is 3.77. The Kier molecular flexibility index (Phi) is 9.47. The van der Waals surface area contributed by atoms with E-state index < -0.39 is 29.6 Å². The molecule has 2 aromatic carbocycles. The molecule has 3 heterocycles. The van der Waals surface area contributed by atoms with E-state index in [-0.39, 0.29) is 23.9 Å². The van der Waals surface area contributed by atoms with E-state index in [1.807, 2.05) is 52.0 Å². The largest absolute Gasteiger partial charge is 0.444 e. The zero-order valence-corrected chi connectivity index (χ0v) is 30.0. The summed E-state index contributed by atoms with van der Waals surface area (Å²) in [4.78, 5) is 72.0. The molecular formula is C39H46N8O5. The third kappa shape index (κ3) is 7.79. The monoisotopic (exact) mass is 706 g/mol. The molecule has 7 rings (SSSR count). The summed E-state index contributed by atoms with van der Waals surface area (Å²) in [5.41, 5.74) is 12.4. The van der Waals surface area contributed by atoms with Crippen LogP contribution in [0.15, 0.2) is 53.3 Å². The number of rotatable bonds is 9. The molecule has 0 saturated heterocycles. The number of hydrogen-bond acceptors (Lipinski definition) is 8. The van der Waals surface area contributed by atoms with Gasteiger partial charge in [-0.3, -0.25) is 9.59 Å². The number of alkyl carbamates (subject to hydrolysis) is 1. The van der Waals surface area contributed by atoms with Gasteiger partial charge in [0.1, 0.15) is 11.4 Å². The Labute approximate surface area is 301 Å². The van der Waals surface area contributed by atoms with Crippen LogP contribution < -0.4 is 21.6 Å². The molecule has 3 aromatic heterocycles. The molecule has 272 valence electrons. The van der Waals surface area contributed by atoms with Crippen molar-refractivity contribution in [2.24, 2.45) is 17.6 Å². The Balaban J connectivity index is 1.05. The molecule has 13 heteroatoms. The number of carbonyl (C=O) groups excluding carboxylic acids is 3. The van der Waals surface area contributed by atoms with Crippen LogP contribution in [0.1, 0.15) is 82.3 Å². The third-order valence-electron chi connectivity index (χ3n) is 10.0. The maximum absolute atomic E-state index is 14.2. The second-order valence-corrected chi connectivity index (χ2v) is 15.3. The summed E-state index contributed by atoms with van der Waals surface area (Å²) in [6.45, 7) is 7.87. The molecule has 0 spiro atoms. The molecule has 0 radical (unpaired) electrons. The highest BCUT2D eigenvalue weighted by molar-refractivity contribution is 6.17. The zero-order chi connectivity index (χ0) is 36.7. The van der Waals surface area contributed by atoms with Gasteiger partial charge >= 0.3 is 11.8 Å². The predicted molar refractivity (Wildman–Crippen MR) is 199 cm³/mol. The third-order valence-corrected chi connectivity index (χ3v) is 10.0. The lowest BCUT2D eigenvalue weighted by atomic mass is 9.81. The van der Waals surface area contributed by atoms with Gasteiger partial charge in [-0.1, -0.05) is 24.3 Å². The van der Waals surface area contributed by atoms with Crippen molar-refractivity contribution in [1.29, 1.82) is 0 Å². The van der Waals surface area contributed by atoms with Crippen molar-refractivity contribution >= 4 is 45.8 Å². The van der Waals surface area contributed by atoms with E-state index in [0.29, 0.717) is 54.9 Å². The number of anilines is 1. The molecule has 2 saturated carbocycles. The molecule has 6 N–H and O–H groups in total. The number of nitrogens with two attached hydrogens (primary N) is 1. The van der Waals surface area contributed by atoms with E-state index in [0.717, 1.165) is 52.2 Å². The van der Waals surface area contributed by atoms with Gasteiger partial charge in [0.05, 0.1) is 28.3 Å². The Bertz CT molecular complexity index is 2180. The number of imidazole rings is 2. The van der Waals surface area contributed by atoms with Crippen molar-refractivity contribution < 1.29 is 19.1 Å². The lowest BCUT2D eigenvalue weighted by Gasteiger charge is -2.32. The Hall–Kier alpha value is -5.30. The van der Waals surface area contributed by atoms with Crippen LogP contribution in [0.5, 0.6) is 0 Å². The topological polar surface area (TPSA) is 192 Å². The first-order chi connectivity index (χ1) is 24.8. The number of ether oxygens (including phenoxy) is 1. The first kappa shape index (κ1) is 35.1. The fraction of sp³-hybridized carbons (Fsp3) is 0.436. The van der Waals surface area contributed by atoms with E-state index in [2.05, 4.69) is 31.3 Å². The van der Waals surface area contributed by atoms with Gasteiger partial charge in [0, 0.05) is 29.6 Å². The maximum atomic E-state index is 14.2. The summed E-state index contributed by atoms with van der Waals surface area (Å²) in [7, 11) is 0. The molecule has 13 nitrogen and oxygen atoms in total. The van der Waals surface area contributed by atoms with E-state index in [4.69, 9.17) is 15.5 Å². The van der Waals surface area contributed by atoms with Crippen molar-refractivity contribution in [3.8, 4) is 11.1 Å². The summed E-state index contributed by atoms with van der Waals surface area (Å²) in [5.74, 6) is 0.449. The van der Waals surface area contributed by atoms with Crippen molar-refractivity contribution in [3.05, 3.63) is 76.1 Å². The number of aromatic amines is 3. The summed E-state index contributed by atoms with van der Waals surface area (Å²) in [6.07, 6.45) is 4.61. The predicted octanol–water partition coefficient (Wildman–Crippen LogP) is 5.74. The Morgan fingerprint density at radius 1 is 0.923 bits per heavy atom. The van der Waals surface area contributed by atoms with E-state index in [1.54, 1.807) is 18.2 Å². The number of pyridine rings is 1. The smallest absolute Gasteiger partial charge is 0.407 e. The lowest BCUT2D eigenvalue weighted by molar-refractivity contribution is -0.130. The molecule has 0 aliphatic heterocycles. The summed E-state index contributed by atoms with van der Waals surface area (Å²) >= 11 is 0. The van der Waals surface area contributed by atoms with Gasteiger partial charge in [-0.25, -0.2) is 24.5 Å². The SMILES string of the molecule is Cc1nc2nc(C3CC3)[nH]c2cc1-c1ccc(C[C@H](N)C(=O)N(c2ccc3[nH]c(=O)[nH]c3c2)C(=O)[C@H]2CC[C@H](CNC(=O)OC(C)(C)C)CC2)cc1. The summed E-state index contributed by atoms with van der Waals surface area (Å²) in [5, 5.41) is 2.84. The second kappa shape index (κ2) is 14.0. The number of H-pyrrole nitrogens is 3.